The number of carbonyl (C=O) groups is 1. The van der Waals surface area contributed by atoms with E-state index >= 15 is 0 Å². The van der Waals surface area contributed by atoms with Gasteiger partial charge in [-0.25, -0.2) is 4.79 Å². The van der Waals surface area contributed by atoms with Crippen LogP contribution in [0, 0.1) is 0 Å². The summed E-state index contributed by atoms with van der Waals surface area (Å²) in [5.41, 5.74) is 0.815. The summed E-state index contributed by atoms with van der Waals surface area (Å²) < 4.78 is 4.92. The molecule has 0 rings (SSSR count). The topological polar surface area (TPSA) is 26.3 Å². The molecule has 0 unspecified atom stereocenters. The molecule has 0 aliphatic heterocycles. The molecule has 0 fully saturated rings. The van der Waals surface area contributed by atoms with Crippen LogP contribution in [0.3, 0.4) is 0 Å². The summed E-state index contributed by atoms with van der Waals surface area (Å²) in [6.45, 7) is 6.42. The number of esters is 1. The van der Waals surface area contributed by atoms with Gasteiger partial charge in [0.25, 0.3) is 0 Å². The van der Waals surface area contributed by atoms with Gasteiger partial charge in [-0.05, 0) is 19.8 Å². The molecule has 0 bridgehead atoms. The van der Waals surface area contributed by atoms with Crippen LogP contribution in [0.15, 0.2) is 11.6 Å². The molecule has 13 heavy (non-hydrogen) atoms. The van der Waals surface area contributed by atoms with Gasteiger partial charge >= 0.3 is 5.97 Å². The molecule has 2 heteroatoms. The zero-order valence-electron chi connectivity index (χ0n) is 8.93. The average molecular weight is 184 g/mol. The molecule has 0 aromatic heterocycles. The largest absolute Gasteiger partial charge is 0.463 e. The Balaban J connectivity index is 3.99. The Morgan fingerprint density at radius 1 is 1.31 bits per heavy atom. The second-order valence-corrected chi connectivity index (χ2v) is 2.95. The van der Waals surface area contributed by atoms with Crippen molar-refractivity contribution in [2.45, 2.75) is 46.5 Å². The van der Waals surface area contributed by atoms with Crippen LogP contribution in [0.5, 0.6) is 0 Å². The summed E-state index contributed by atoms with van der Waals surface area (Å²) in [5.74, 6) is -0.152. The lowest BCUT2D eigenvalue weighted by atomic mass is 10.1. The highest BCUT2D eigenvalue weighted by molar-refractivity contribution is 5.88. The highest BCUT2D eigenvalue weighted by atomic mass is 16.5. The molecular weight excluding hydrogens is 164 g/mol. The first-order valence-corrected chi connectivity index (χ1v) is 5.12. The molecule has 2 nitrogen and oxygen atoms in total. The molecule has 76 valence electrons. The number of hydrogen-bond donors (Lipinski definition) is 0. The second kappa shape index (κ2) is 7.84. The lowest BCUT2D eigenvalue weighted by Crippen LogP contribution is -2.06. The van der Waals surface area contributed by atoms with Crippen LogP contribution in [-0.2, 0) is 9.53 Å². The molecule has 0 spiro atoms. The van der Waals surface area contributed by atoms with Crippen LogP contribution in [0.1, 0.15) is 46.5 Å². The summed E-state index contributed by atoms with van der Waals surface area (Å²) in [7, 11) is 0. The number of allylic oxidation sites excluding steroid dienone is 1. The number of unbranched alkanes of at least 4 members (excludes halogenated alkanes) is 2. The summed E-state index contributed by atoms with van der Waals surface area (Å²) in [5, 5.41) is 0. The zero-order chi connectivity index (χ0) is 10.1. The molecule has 0 aliphatic carbocycles. The van der Waals surface area contributed by atoms with Gasteiger partial charge in [0.15, 0.2) is 0 Å². The Hall–Kier alpha value is -0.790. The fourth-order valence-corrected chi connectivity index (χ4v) is 1.08. The second-order valence-electron chi connectivity index (χ2n) is 2.95. The predicted octanol–water partition coefficient (Wildman–Crippen LogP) is 3.08. The number of hydrogen-bond acceptors (Lipinski definition) is 2. The molecule has 0 saturated carbocycles. The zero-order valence-corrected chi connectivity index (χ0v) is 8.93. The fraction of sp³-hybridized carbons (Fsp3) is 0.727. The SMILES string of the molecule is CCCCC=C(CC)C(=O)OCC. The van der Waals surface area contributed by atoms with Gasteiger partial charge in [-0.2, -0.15) is 0 Å². The summed E-state index contributed by atoms with van der Waals surface area (Å²) in [6, 6.07) is 0. The first-order valence-electron chi connectivity index (χ1n) is 5.12. The lowest BCUT2D eigenvalue weighted by molar-refractivity contribution is -0.138. The number of carbonyl (C=O) groups excluding carboxylic acids is 1. The third-order valence-electron chi connectivity index (χ3n) is 1.87. The molecule has 0 aromatic rings. The van der Waals surface area contributed by atoms with E-state index in [1.807, 2.05) is 19.9 Å². The Morgan fingerprint density at radius 3 is 2.46 bits per heavy atom. The average Bonchev–Trinajstić information content (AvgIpc) is 2.13. The van der Waals surface area contributed by atoms with E-state index in [0.29, 0.717) is 6.61 Å². The van der Waals surface area contributed by atoms with Gasteiger partial charge in [0, 0.05) is 5.57 Å². The molecule has 0 heterocycles. The van der Waals surface area contributed by atoms with Crippen LogP contribution >= 0.6 is 0 Å². The van der Waals surface area contributed by atoms with Crippen LogP contribution in [0.4, 0.5) is 0 Å². The molecule has 0 amide bonds. The van der Waals surface area contributed by atoms with Gasteiger partial charge in [-0.1, -0.05) is 32.8 Å². The highest BCUT2D eigenvalue weighted by Gasteiger charge is 2.06. The molecule has 0 aliphatic rings. The Kier molecular flexibility index (Phi) is 7.36. The molecule has 0 aromatic carbocycles. The highest BCUT2D eigenvalue weighted by Crippen LogP contribution is 2.07. The Morgan fingerprint density at radius 2 is 2.00 bits per heavy atom. The molecule has 0 N–H and O–H groups in total. The quantitative estimate of drug-likeness (QED) is 0.360. The van der Waals surface area contributed by atoms with Crippen molar-refractivity contribution in [3.8, 4) is 0 Å². The van der Waals surface area contributed by atoms with Crippen molar-refractivity contribution >= 4 is 5.97 Å². The van der Waals surface area contributed by atoms with E-state index in [1.54, 1.807) is 0 Å². The standard InChI is InChI=1S/C11H20O2/c1-4-7-8-9-10(5-2)11(12)13-6-3/h9H,4-8H2,1-3H3. The smallest absolute Gasteiger partial charge is 0.333 e. The number of rotatable bonds is 6. The van der Waals surface area contributed by atoms with Gasteiger partial charge in [-0.15, -0.1) is 0 Å². The lowest BCUT2D eigenvalue weighted by Gasteiger charge is -2.03. The van der Waals surface area contributed by atoms with Crippen LogP contribution in [0.25, 0.3) is 0 Å². The van der Waals surface area contributed by atoms with Crippen molar-refractivity contribution in [1.82, 2.24) is 0 Å². The normalized spacial score (nSPS) is 11.5. The maximum Gasteiger partial charge on any atom is 0.333 e. The van der Waals surface area contributed by atoms with Crippen molar-refractivity contribution < 1.29 is 9.53 Å². The Labute approximate surface area is 81.0 Å². The minimum atomic E-state index is -0.152. The van der Waals surface area contributed by atoms with Crippen molar-refractivity contribution in [1.29, 1.82) is 0 Å². The van der Waals surface area contributed by atoms with Crippen molar-refractivity contribution in [3.63, 3.8) is 0 Å². The van der Waals surface area contributed by atoms with Gasteiger partial charge in [0.1, 0.15) is 0 Å². The molecule has 0 atom stereocenters. The minimum absolute atomic E-state index is 0.152. The first-order chi connectivity index (χ1) is 6.26. The van der Waals surface area contributed by atoms with Crippen LogP contribution in [-0.4, -0.2) is 12.6 Å². The predicted molar refractivity (Wildman–Crippen MR) is 54.5 cm³/mol. The van der Waals surface area contributed by atoms with Gasteiger partial charge in [0.05, 0.1) is 6.61 Å². The van der Waals surface area contributed by atoms with E-state index in [9.17, 15) is 4.79 Å². The third-order valence-corrected chi connectivity index (χ3v) is 1.87. The van der Waals surface area contributed by atoms with Gasteiger partial charge in [-0.3, -0.25) is 0 Å². The summed E-state index contributed by atoms with van der Waals surface area (Å²) in [6.07, 6.45) is 6.06. The van der Waals surface area contributed by atoms with Crippen molar-refractivity contribution in [2.75, 3.05) is 6.61 Å². The van der Waals surface area contributed by atoms with Crippen LogP contribution < -0.4 is 0 Å². The first kappa shape index (κ1) is 12.2. The minimum Gasteiger partial charge on any atom is -0.463 e. The van der Waals surface area contributed by atoms with E-state index < -0.39 is 0 Å². The third kappa shape index (κ3) is 5.45. The van der Waals surface area contributed by atoms with Crippen molar-refractivity contribution in [3.05, 3.63) is 11.6 Å². The summed E-state index contributed by atoms with van der Waals surface area (Å²) >= 11 is 0. The maximum absolute atomic E-state index is 11.3. The van der Waals surface area contributed by atoms with E-state index in [4.69, 9.17) is 4.74 Å². The monoisotopic (exact) mass is 184 g/mol. The van der Waals surface area contributed by atoms with E-state index in [2.05, 4.69) is 6.92 Å². The van der Waals surface area contributed by atoms with E-state index in [0.717, 1.165) is 31.3 Å². The van der Waals surface area contributed by atoms with Crippen molar-refractivity contribution in [2.24, 2.45) is 0 Å². The van der Waals surface area contributed by atoms with Gasteiger partial charge in [0.2, 0.25) is 0 Å². The molecular formula is C11H20O2. The van der Waals surface area contributed by atoms with E-state index in [-0.39, 0.29) is 5.97 Å². The number of ether oxygens (including phenoxy) is 1. The molecule has 0 radical (unpaired) electrons. The molecule has 0 saturated heterocycles. The fourth-order valence-electron chi connectivity index (χ4n) is 1.08. The van der Waals surface area contributed by atoms with E-state index in [1.165, 1.54) is 0 Å². The van der Waals surface area contributed by atoms with Gasteiger partial charge < -0.3 is 4.74 Å². The summed E-state index contributed by atoms with van der Waals surface area (Å²) in [4.78, 5) is 11.3. The Bertz CT molecular complexity index is 171. The maximum atomic E-state index is 11.3. The van der Waals surface area contributed by atoms with Crippen LogP contribution in [0.2, 0.25) is 0 Å².